The van der Waals surface area contributed by atoms with Crippen LogP contribution < -0.4 is 5.32 Å². The Labute approximate surface area is 126 Å². The summed E-state index contributed by atoms with van der Waals surface area (Å²) in [4.78, 5) is 32.6. The summed E-state index contributed by atoms with van der Waals surface area (Å²) in [5.41, 5.74) is -0.738. The van der Waals surface area contributed by atoms with Crippen molar-refractivity contribution in [2.75, 3.05) is 0 Å². The molecule has 0 bridgehead atoms. The molecule has 1 aromatic carbocycles. The smallest absolute Gasteiger partial charge is 0.306 e. The zero-order valence-corrected chi connectivity index (χ0v) is 12.1. The standard InChI is InChI=1S/C12H10BrFN2O5/c13-10-8(3-6(14)4-9(10)16(20)21)11(17)15-7-1-5(2-7)12(18)19/h3-5,7H,1-2H2,(H,15,17)(H,18,19). The van der Waals surface area contributed by atoms with E-state index in [9.17, 15) is 24.1 Å². The largest absolute Gasteiger partial charge is 0.481 e. The van der Waals surface area contributed by atoms with Crippen molar-refractivity contribution in [2.24, 2.45) is 5.92 Å². The highest BCUT2D eigenvalue weighted by atomic mass is 79.9. The van der Waals surface area contributed by atoms with Crippen LogP contribution in [0.4, 0.5) is 10.1 Å². The fourth-order valence-corrected chi connectivity index (χ4v) is 2.63. The SMILES string of the molecule is O=C(NC1CC(C(=O)O)C1)c1cc(F)cc([N+](=O)[O-])c1Br. The van der Waals surface area contributed by atoms with Crippen molar-refractivity contribution in [3.05, 3.63) is 38.1 Å². The molecule has 1 amide bonds. The summed E-state index contributed by atoms with van der Waals surface area (Å²) in [7, 11) is 0. The molecule has 112 valence electrons. The van der Waals surface area contributed by atoms with Gasteiger partial charge in [-0.05, 0) is 34.8 Å². The van der Waals surface area contributed by atoms with Gasteiger partial charge in [0.1, 0.15) is 10.3 Å². The first-order chi connectivity index (χ1) is 9.79. The number of hydrogen-bond acceptors (Lipinski definition) is 4. The third kappa shape index (κ3) is 3.18. The number of benzene rings is 1. The maximum atomic E-state index is 13.3. The molecule has 0 aliphatic heterocycles. The number of hydrogen-bond donors (Lipinski definition) is 2. The zero-order valence-electron chi connectivity index (χ0n) is 10.5. The van der Waals surface area contributed by atoms with Gasteiger partial charge in [0.15, 0.2) is 0 Å². The molecule has 0 radical (unpaired) electrons. The summed E-state index contributed by atoms with van der Waals surface area (Å²) in [6.45, 7) is 0. The minimum Gasteiger partial charge on any atom is -0.481 e. The molecule has 1 saturated carbocycles. The second kappa shape index (κ2) is 5.76. The molecule has 0 spiro atoms. The molecule has 0 heterocycles. The van der Waals surface area contributed by atoms with Crippen molar-refractivity contribution in [3.8, 4) is 0 Å². The molecule has 0 saturated heterocycles. The molecule has 2 rings (SSSR count). The summed E-state index contributed by atoms with van der Waals surface area (Å²) >= 11 is 2.92. The van der Waals surface area contributed by atoms with E-state index in [1.165, 1.54) is 0 Å². The van der Waals surface area contributed by atoms with E-state index in [1.807, 2.05) is 0 Å². The highest BCUT2D eigenvalue weighted by molar-refractivity contribution is 9.10. The Balaban J connectivity index is 2.13. The second-order valence-electron chi connectivity index (χ2n) is 4.72. The number of rotatable bonds is 4. The number of aliphatic carboxylic acids is 1. The number of carbonyl (C=O) groups excluding carboxylic acids is 1. The van der Waals surface area contributed by atoms with Gasteiger partial charge in [-0.3, -0.25) is 19.7 Å². The van der Waals surface area contributed by atoms with Crippen LogP contribution >= 0.6 is 15.9 Å². The molecule has 0 unspecified atom stereocenters. The van der Waals surface area contributed by atoms with E-state index >= 15 is 0 Å². The molecule has 0 atom stereocenters. The number of carboxylic acid groups (broad SMARTS) is 1. The predicted octanol–water partition coefficient (Wildman–Crippen LogP) is 2.09. The van der Waals surface area contributed by atoms with Crippen LogP contribution in [-0.4, -0.2) is 27.9 Å². The number of nitrogens with zero attached hydrogens (tertiary/aromatic N) is 1. The normalized spacial score (nSPS) is 20.5. The maximum Gasteiger partial charge on any atom is 0.306 e. The minimum atomic E-state index is -0.928. The third-order valence-corrected chi connectivity index (χ3v) is 4.12. The number of nitrogens with one attached hydrogen (secondary N) is 1. The van der Waals surface area contributed by atoms with Gasteiger partial charge in [-0.1, -0.05) is 0 Å². The second-order valence-corrected chi connectivity index (χ2v) is 5.51. The molecular weight excluding hydrogens is 351 g/mol. The lowest BCUT2D eigenvalue weighted by atomic mass is 9.80. The van der Waals surface area contributed by atoms with Crippen LogP contribution in [0.3, 0.4) is 0 Å². The molecule has 1 aromatic rings. The van der Waals surface area contributed by atoms with Crippen molar-refractivity contribution in [1.82, 2.24) is 5.32 Å². The lowest BCUT2D eigenvalue weighted by molar-refractivity contribution is -0.385. The van der Waals surface area contributed by atoms with Crippen molar-refractivity contribution in [3.63, 3.8) is 0 Å². The van der Waals surface area contributed by atoms with Gasteiger partial charge in [0, 0.05) is 6.04 Å². The van der Waals surface area contributed by atoms with Gasteiger partial charge < -0.3 is 10.4 Å². The van der Waals surface area contributed by atoms with Crippen LogP contribution in [0.25, 0.3) is 0 Å². The number of carboxylic acids is 1. The highest BCUT2D eigenvalue weighted by Gasteiger charge is 2.36. The van der Waals surface area contributed by atoms with Gasteiger partial charge in [-0.2, -0.15) is 0 Å². The highest BCUT2D eigenvalue weighted by Crippen LogP contribution is 2.31. The van der Waals surface area contributed by atoms with Crippen LogP contribution in [0.2, 0.25) is 0 Å². The average molecular weight is 361 g/mol. The Kier molecular flexibility index (Phi) is 4.21. The summed E-state index contributed by atoms with van der Waals surface area (Å²) < 4.78 is 13.2. The molecular formula is C12H10BrFN2O5. The first-order valence-corrected chi connectivity index (χ1v) is 6.76. The zero-order chi connectivity index (χ0) is 15.7. The van der Waals surface area contributed by atoms with E-state index in [0.717, 1.165) is 6.07 Å². The van der Waals surface area contributed by atoms with Crippen LogP contribution in [0.5, 0.6) is 0 Å². The van der Waals surface area contributed by atoms with E-state index in [4.69, 9.17) is 5.11 Å². The Morgan fingerprint density at radius 2 is 2.05 bits per heavy atom. The van der Waals surface area contributed by atoms with Crippen LogP contribution in [0.15, 0.2) is 16.6 Å². The first kappa shape index (κ1) is 15.4. The fraction of sp³-hybridized carbons (Fsp3) is 0.333. The summed E-state index contributed by atoms with van der Waals surface area (Å²) in [5.74, 6) is -3.01. The van der Waals surface area contributed by atoms with E-state index in [2.05, 4.69) is 21.2 Å². The van der Waals surface area contributed by atoms with Crippen molar-refractivity contribution in [2.45, 2.75) is 18.9 Å². The monoisotopic (exact) mass is 360 g/mol. The van der Waals surface area contributed by atoms with Gasteiger partial charge >= 0.3 is 5.97 Å². The molecule has 2 N–H and O–H groups in total. The Hall–Kier alpha value is -2.03. The molecule has 9 heteroatoms. The number of nitro groups is 1. The molecule has 0 aromatic heterocycles. The quantitative estimate of drug-likeness (QED) is 0.630. The van der Waals surface area contributed by atoms with E-state index in [1.54, 1.807) is 0 Å². The van der Waals surface area contributed by atoms with Gasteiger partial charge in [0.05, 0.1) is 22.5 Å². The summed E-state index contributed by atoms with van der Waals surface area (Å²) in [6.07, 6.45) is 0.576. The molecule has 1 aliphatic rings. The number of amides is 1. The van der Waals surface area contributed by atoms with Gasteiger partial charge in [-0.15, -0.1) is 0 Å². The van der Waals surface area contributed by atoms with Crippen LogP contribution in [0.1, 0.15) is 23.2 Å². The predicted molar refractivity (Wildman–Crippen MR) is 72.4 cm³/mol. The van der Waals surface area contributed by atoms with Gasteiger partial charge in [-0.25, -0.2) is 4.39 Å². The minimum absolute atomic E-state index is 0.111. The van der Waals surface area contributed by atoms with E-state index in [-0.39, 0.29) is 28.9 Å². The fourth-order valence-electron chi connectivity index (χ4n) is 2.07. The average Bonchev–Trinajstić information content (AvgIpc) is 2.34. The maximum absolute atomic E-state index is 13.3. The van der Waals surface area contributed by atoms with Crippen molar-refractivity contribution in [1.29, 1.82) is 0 Å². The first-order valence-electron chi connectivity index (χ1n) is 5.96. The van der Waals surface area contributed by atoms with Gasteiger partial charge in [0.25, 0.3) is 11.6 Å². The number of halogens is 2. The third-order valence-electron chi connectivity index (χ3n) is 3.28. The summed E-state index contributed by atoms with van der Waals surface area (Å²) in [5, 5.41) is 22.0. The number of carbonyl (C=O) groups is 2. The Morgan fingerprint density at radius 1 is 1.43 bits per heavy atom. The lowest BCUT2D eigenvalue weighted by Gasteiger charge is -2.32. The van der Waals surface area contributed by atoms with Gasteiger partial charge in [0.2, 0.25) is 0 Å². The Bertz CT molecular complexity index is 630. The summed E-state index contributed by atoms with van der Waals surface area (Å²) in [6, 6.07) is 1.28. The van der Waals surface area contributed by atoms with Crippen LogP contribution in [-0.2, 0) is 4.79 Å². The molecule has 1 fully saturated rings. The lowest BCUT2D eigenvalue weighted by Crippen LogP contribution is -2.46. The van der Waals surface area contributed by atoms with Crippen LogP contribution in [0, 0.1) is 21.8 Å². The molecule has 1 aliphatic carbocycles. The Morgan fingerprint density at radius 3 is 2.57 bits per heavy atom. The van der Waals surface area contributed by atoms with Crippen molar-refractivity contribution >= 4 is 33.5 Å². The van der Waals surface area contributed by atoms with Crippen molar-refractivity contribution < 1.29 is 24.0 Å². The molecule has 21 heavy (non-hydrogen) atoms. The van der Waals surface area contributed by atoms with E-state index in [0.29, 0.717) is 6.07 Å². The number of nitro benzene ring substituents is 1. The van der Waals surface area contributed by atoms with E-state index < -0.39 is 34.2 Å². The molecule has 7 nitrogen and oxygen atoms in total. The topological polar surface area (TPSA) is 110 Å².